The lowest BCUT2D eigenvalue weighted by Gasteiger charge is -2.17. The first-order valence-electron chi connectivity index (χ1n) is 10.3. The molecule has 1 amide bonds. The molecule has 8 nitrogen and oxygen atoms in total. The lowest BCUT2D eigenvalue weighted by molar-refractivity contribution is -0.109. The number of rotatable bonds is 9. The molecule has 33 heavy (non-hydrogen) atoms. The molecule has 0 aliphatic heterocycles. The number of nitrogens with two attached hydrogens (primary N) is 2. The van der Waals surface area contributed by atoms with Gasteiger partial charge in [-0.1, -0.05) is 12.1 Å². The predicted molar refractivity (Wildman–Crippen MR) is 125 cm³/mol. The van der Waals surface area contributed by atoms with E-state index >= 15 is 4.39 Å². The molecular weight excluding hydrogens is 423 g/mol. The van der Waals surface area contributed by atoms with Gasteiger partial charge in [0.25, 0.3) is 0 Å². The number of halogens is 1. The number of nitrogens with zero attached hydrogens (tertiary/aromatic N) is 3. The molecule has 1 saturated carbocycles. The number of ether oxygens (including phenoxy) is 1. The maximum absolute atomic E-state index is 15.1. The van der Waals surface area contributed by atoms with Gasteiger partial charge in [0, 0.05) is 30.9 Å². The number of aryl methyl sites for hydroxylation is 1. The molecular formula is C24H25FN6O2. The van der Waals surface area contributed by atoms with Gasteiger partial charge >= 0.3 is 0 Å². The number of hydrogen-bond donors (Lipinski definition) is 3. The molecule has 0 spiro atoms. The summed E-state index contributed by atoms with van der Waals surface area (Å²) >= 11 is 0. The second kappa shape index (κ2) is 10.5. The summed E-state index contributed by atoms with van der Waals surface area (Å²) in [5, 5.41) is 13.8. The van der Waals surface area contributed by atoms with E-state index in [1.807, 2.05) is 13.0 Å². The molecule has 9 heteroatoms. The second-order valence-electron chi connectivity index (χ2n) is 7.42. The molecule has 1 fully saturated rings. The average molecular weight is 449 g/mol. The van der Waals surface area contributed by atoms with Crippen LogP contribution >= 0.6 is 0 Å². The Balaban J connectivity index is 2.13. The molecule has 0 aromatic heterocycles. The van der Waals surface area contributed by atoms with Gasteiger partial charge in [-0.3, -0.25) is 9.79 Å². The fourth-order valence-corrected chi connectivity index (χ4v) is 3.46. The van der Waals surface area contributed by atoms with Crippen LogP contribution in [0.15, 0.2) is 46.6 Å². The quantitative estimate of drug-likeness (QED) is 0.307. The van der Waals surface area contributed by atoms with Crippen molar-refractivity contribution in [3.8, 4) is 11.8 Å². The van der Waals surface area contributed by atoms with Crippen LogP contribution in [0, 0.1) is 24.1 Å². The number of allylic oxidation sites excluding steroid dienone is 1. The van der Waals surface area contributed by atoms with E-state index < -0.39 is 5.82 Å². The van der Waals surface area contributed by atoms with Crippen LogP contribution in [0.2, 0.25) is 0 Å². The zero-order valence-electron chi connectivity index (χ0n) is 18.4. The average Bonchev–Trinajstić information content (AvgIpc) is 3.64. The maximum Gasteiger partial charge on any atom is 0.227 e. The summed E-state index contributed by atoms with van der Waals surface area (Å²) in [4.78, 5) is 15.0. The highest BCUT2D eigenvalue weighted by Gasteiger charge is 2.28. The molecule has 170 valence electrons. The highest BCUT2D eigenvalue weighted by molar-refractivity contribution is 6.32. The predicted octanol–water partition coefficient (Wildman–Crippen LogP) is 2.37. The third-order valence-electron chi connectivity index (χ3n) is 5.23. The van der Waals surface area contributed by atoms with Crippen LogP contribution in [0.25, 0.3) is 5.57 Å². The van der Waals surface area contributed by atoms with Crippen LogP contribution in [0.3, 0.4) is 0 Å². The maximum atomic E-state index is 15.1. The van der Waals surface area contributed by atoms with Crippen LogP contribution in [0.4, 0.5) is 4.39 Å². The summed E-state index contributed by atoms with van der Waals surface area (Å²) in [5.41, 5.74) is 17.4. The topological polar surface area (TPSA) is 139 Å². The van der Waals surface area contributed by atoms with Gasteiger partial charge in [-0.25, -0.2) is 9.82 Å². The van der Waals surface area contributed by atoms with E-state index in [2.05, 4.69) is 21.6 Å². The molecule has 3 rings (SSSR count). The first kappa shape index (κ1) is 23.6. The third-order valence-corrected chi connectivity index (χ3v) is 5.23. The number of carbonyl (C=O) groups excluding carboxylic acids is 1. The molecule has 2 aromatic carbocycles. The van der Waals surface area contributed by atoms with Gasteiger partial charge in [0.1, 0.15) is 23.2 Å². The number of nitriles is 1. The SMILES string of the molecule is CN=C(/C(=C\N)c1ccc(C)c(/C(CN)=N\NC=O)c1)c1c(F)ccc(OC2CC2)c1C#N. The first-order valence-corrected chi connectivity index (χ1v) is 10.3. The van der Waals surface area contributed by atoms with Crippen LogP contribution in [0.5, 0.6) is 5.75 Å². The first-order chi connectivity index (χ1) is 16.0. The van der Waals surface area contributed by atoms with E-state index in [0.717, 1.165) is 18.4 Å². The van der Waals surface area contributed by atoms with Crippen molar-refractivity contribution in [2.75, 3.05) is 13.6 Å². The van der Waals surface area contributed by atoms with Gasteiger partial charge in [0.15, 0.2) is 0 Å². The highest BCUT2D eigenvalue weighted by atomic mass is 19.1. The van der Waals surface area contributed by atoms with Crippen molar-refractivity contribution in [3.63, 3.8) is 0 Å². The summed E-state index contributed by atoms with van der Waals surface area (Å²) in [6, 6.07) is 10.2. The zero-order valence-corrected chi connectivity index (χ0v) is 18.4. The summed E-state index contributed by atoms with van der Waals surface area (Å²) in [6.07, 6.45) is 3.60. The Kier molecular flexibility index (Phi) is 7.53. The normalized spacial score (nSPS) is 14.6. The number of hydrogen-bond acceptors (Lipinski definition) is 7. The molecule has 1 aliphatic rings. The van der Waals surface area contributed by atoms with Gasteiger partial charge in [-0.05, 0) is 49.1 Å². The molecule has 2 aromatic rings. The minimum absolute atomic E-state index is 0.0207. The minimum atomic E-state index is -0.610. The monoisotopic (exact) mass is 448 g/mol. The smallest absolute Gasteiger partial charge is 0.227 e. The van der Waals surface area contributed by atoms with Gasteiger partial charge in [-0.2, -0.15) is 10.4 Å². The van der Waals surface area contributed by atoms with Crippen LogP contribution in [0.1, 0.15) is 40.7 Å². The van der Waals surface area contributed by atoms with E-state index in [4.69, 9.17) is 16.2 Å². The van der Waals surface area contributed by atoms with E-state index in [1.165, 1.54) is 25.4 Å². The van der Waals surface area contributed by atoms with Crippen molar-refractivity contribution < 1.29 is 13.9 Å². The van der Waals surface area contributed by atoms with Gasteiger partial charge < -0.3 is 16.2 Å². The molecule has 1 aliphatic carbocycles. The van der Waals surface area contributed by atoms with Gasteiger partial charge in [-0.15, -0.1) is 0 Å². The molecule has 0 bridgehead atoms. The number of amides is 1. The Morgan fingerprint density at radius 2 is 2.12 bits per heavy atom. The van der Waals surface area contributed by atoms with Crippen molar-refractivity contribution in [2.45, 2.75) is 25.9 Å². The molecule has 0 heterocycles. The number of aliphatic imine (C=N–C) groups is 1. The Hall–Kier alpha value is -4.03. The van der Waals surface area contributed by atoms with Crippen LogP contribution < -0.4 is 21.6 Å². The van der Waals surface area contributed by atoms with Gasteiger partial charge in [0.2, 0.25) is 6.41 Å². The molecule has 0 radical (unpaired) electrons. The number of hydrazone groups is 1. The summed E-state index contributed by atoms with van der Waals surface area (Å²) < 4.78 is 20.9. The van der Waals surface area contributed by atoms with E-state index in [9.17, 15) is 10.1 Å². The lowest BCUT2D eigenvalue weighted by atomic mass is 9.90. The summed E-state index contributed by atoms with van der Waals surface area (Å²) in [7, 11) is 1.50. The summed E-state index contributed by atoms with van der Waals surface area (Å²) in [6.45, 7) is 1.95. The zero-order chi connectivity index (χ0) is 24.0. The number of nitrogens with one attached hydrogen (secondary N) is 1. The molecule has 0 atom stereocenters. The highest BCUT2D eigenvalue weighted by Crippen LogP contribution is 2.34. The second-order valence-corrected chi connectivity index (χ2v) is 7.42. The van der Waals surface area contributed by atoms with Crippen molar-refractivity contribution >= 4 is 23.4 Å². The standard InChI is InChI=1S/C24H25FN6O2/c1-14-3-4-15(9-17(14)21(12-28)31-30-13-32)18(10-26)24(29-2)23-19(11-27)22(8-7-20(23)25)33-16-5-6-16/h3-4,7-10,13,16H,5-6,12,26,28H2,1-2H3,(H,30,32)/b18-10-,29-24?,31-21-. The number of carbonyl (C=O) groups is 1. The Morgan fingerprint density at radius 1 is 1.36 bits per heavy atom. The Labute approximate surface area is 191 Å². The summed E-state index contributed by atoms with van der Waals surface area (Å²) in [5.74, 6) is -0.294. The fourth-order valence-electron chi connectivity index (χ4n) is 3.46. The minimum Gasteiger partial charge on any atom is -0.489 e. The van der Waals surface area contributed by atoms with E-state index in [0.29, 0.717) is 34.6 Å². The van der Waals surface area contributed by atoms with E-state index in [-0.39, 0.29) is 29.5 Å². The van der Waals surface area contributed by atoms with Crippen molar-refractivity contribution in [3.05, 3.63) is 70.2 Å². The van der Waals surface area contributed by atoms with Crippen LogP contribution in [-0.2, 0) is 4.79 Å². The molecule has 0 saturated heterocycles. The molecule has 0 unspecified atom stereocenters. The Bertz CT molecular complexity index is 1190. The fraction of sp³-hybridized carbons (Fsp3) is 0.250. The lowest BCUT2D eigenvalue weighted by Crippen LogP contribution is -2.20. The van der Waals surface area contributed by atoms with Gasteiger partial charge in [0.05, 0.1) is 23.1 Å². The van der Waals surface area contributed by atoms with Crippen LogP contribution in [-0.4, -0.2) is 37.5 Å². The van der Waals surface area contributed by atoms with Crippen molar-refractivity contribution in [1.29, 1.82) is 5.26 Å². The Morgan fingerprint density at radius 3 is 2.70 bits per heavy atom. The largest absolute Gasteiger partial charge is 0.489 e. The number of benzene rings is 2. The van der Waals surface area contributed by atoms with E-state index in [1.54, 1.807) is 12.1 Å². The molecule has 5 N–H and O–H groups in total. The van der Waals surface area contributed by atoms with Crippen molar-refractivity contribution in [2.24, 2.45) is 21.6 Å². The van der Waals surface area contributed by atoms with Crippen molar-refractivity contribution in [1.82, 2.24) is 5.43 Å². The third kappa shape index (κ3) is 5.07.